The number of hydrogen-bond donors (Lipinski definition) is 1. The molecule has 1 unspecified atom stereocenters. The molecule has 326 valence electrons. The number of likely N-dealkylation sites (N-methyl/N-ethyl adjacent to an activating group) is 1. The molecule has 2 aromatic carbocycles. The van der Waals surface area contributed by atoms with Crippen molar-refractivity contribution in [2.24, 2.45) is 11.3 Å². The van der Waals surface area contributed by atoms with Crippen LogP contribution in [0.2, 0.25) is 0 Å². The molecule has 8 aliphatic rings. The Balaban J connectivity index is 1.27. The summed E-state index contributed by atoms with van der Waals surface area (Å²) in [6, 6.07) is 8.54. The maximum absolute atomic E-state index is 15.5. The molecule has 2 aromatic rings. The minimum atomic E-state index is -1.65. The van der Waals surface area contributed by atoms with Gasteiger partial charge < -0.3 is 33.7 Å². The number of rotatable bonds is 7. The Hall–Kier alpha value is -2.77. The molecule has 4 fully saturated rings. The fourth-order valence-electron chi connectivity index (χ4n) is 14.3. The number of ether oxygens (including phenoxy) is 5. The molecule has 14 heteroatoms. The molecule has 10 atom stereocenters. The van der Waals surface area contributed by atoms with Crippen LogP contribution in [0, 0.1) is 18.5 Å². The van der Waals surface area contributed by atoms with Crippen LogP contribution in [0.4, 0.5) is 5.69 Å². The van der Waals surface area contributed by atoms with Crippen LogP contribution in [-0.4, -0.2) is 123 Å². The van der Waals surface area contributed by atoms with Crippen LogP contribution < -0.4 is 9.64 Å². The van der Waals surface area contributed by atoms with Crippen molar-refractivity contribution >= 4 is 74.4 Å². The lowest BCUT2D eigenvalue weighted by Gasteiger charge is -2.58. The zero-order valence-electron chi connectivity index (χ0n) is 36.0. The molecule has 3 saturated heterocycles. The van der Waals surface area contributed by atoms with Crippen molar-refractivity contribution in [2.45, 2.75) is 106 Å². The SMILES string of the molecule is CC[C@]1(O)C[C@H]2CN(CCC3=C(Cc4cc(I)c(I)cc43)[C@@](C(=O)OC)(c3cc4c(cc3OC)N(C)[C@@]35O[C@]3(C(=O)OC)[C@H](OC(C)=O)[C@]3(CC)C=CCN6CC[C@]45[C@@H]63)C2)C1. The average molecular weight is 1060 g/mol. The van der Waals surface area contributed by atoms with Crippen molar-refractivity contribution in [3.05, 3.63) is 71.4 Å². The number of hydrogen-bond acceptors (Lipinski definition) is 12. The van der Waals surface area contributed by atoms with Gasteiger partial charge in [-0.1, -0.05) is 26.0 Å². The van der Waals surface area contributed by atoms with Crippen molar-refractivity contribution in [1.82, 2.24) is 9.80 Å². The number of epoxide rings is 1. The van der Waals surface area contributed by atoms with Crippen molar-refractivity contribution in [2.75, 3.05) is 66.0 Å². The van der Waals surface area contributed by atoms with E-state index in [1.165, 1.54) is 35.8 Å². The quantitative estimate of drug-likeness (QED) is 0.117. The standard InChI is InChI=1S/C47H55I2N3O9/c1-8-42(56)22-27-23-44(40(54)58-6,31-17-28-18-34(48)35(49)19-30(28)29(31)11-15-51(24-27)25-42)33-20-32-36(21-37(33)57-5)50(4)47-45(32)13-16-52-14-10-12-43(9-2,38(45)52)39(60-26(3)53)46(47,61-47)41(55)59-7/h10,12,18-21,27,38-39,56H,8-9,11,13-17,22-25H2,1-7H3/t27-,38+,39-,42+,43-,44-,45-,46+,47+/m1/s1. The summed E-state index contributed by atoms with van der Waals surface area (Å²) in [5.41, 5.74) is 0.299. The predicted octanol–water partition coefficient (Wildman–Crippen LogP) is 5.89. The van der Waals surface area contributed by atoms with Gasteiger partial charge in [0.25, 0.3) is 5.60 Å². The number of esters is 3. The maximum atomic E-state index is 15.5. The van der Waals surface area contributed by atoms with Crippen LogP contribution in [-0.2, 0) is 50.6 Å². The lowest BCUT2D eigenvalue weighted by Crippen LogP contribution is -2.75. The number of anilines is 1. The summed E-state index contributed by atoms with van der Waals surface area (Å²) in [7, 11) is 6.46. The Morgan fingerprint density at radius 2 is 1.72 bits per heavy atom. The first-order valence-electron chi connectivity index (χ1n) is 21.7. The van der Waals surface area contributed by atoms with E-state index in [9.17, 15) is 14.7 Å². The average Bonchev–Trinajstić information content (AvgIpc) is 3.51. The van der Waals surface area contributed by atoms with E-state index in [-0.39, 0.29) is 17.9 Å². The largest absolute Gasteiger partial charge is 0.496 e. The zero-order chi connectivity index (χ0) is 43.2. The summed E-state index contributed by atoms with van der Waals surface area (Å²) >= 11 is 4.82. The number of carbonyl (C=O) groups is 3. The first-order valence-corrected chi connectivity index (χ1v) is 23.9. The Morgan fingerprint density at radius 3 is 2.41 bits per heavy atom. The van der Waals surface area contributed by atoms with E-state index in [2.05, 4.69) is 97.2 Å². The van der Waals surface area contributed by atoms with Gasteiger partial charge in [0.05, 0.1) is 32.3 Å². The van der Waals surface area contributed by atoms with Crippen molar-refractivity contribution in [1.29, 1.82) is 0 Å². The topological polar surface area (TPSA) is 131 Å². The van der Waals surface area contributed by atoms with E-state index in [1.54, 1.807) is 7.11 Å². The van der Waals surface area contributed by atoms with E-state index in [0.717, 1.165) is 51.2 Å². The fraction of sp³-hybridized carbons (Fsp3) is 0.596. The lowest BCUT2D eigenvalue weighted by atomic mass is 9.49. The second-order valence-electron chi connectivity index (χ2n) is 18.9. The number of fused-ring (bicyclic) bond motifs is 5. The second-order valence-corrected chi connectivity index (χ2v) is 21.2. The third-order valence-electron chi connectivity index (χ3n) is 16.5. The maximum Gasteiger partial charge on any atom is 0.347 e. The first-order chi connectivity index (χ1) is 29.1. The highest BCUT2D eigenvalue weighted by molar-refractivity contribution is 14.1. The summed E-state index contributed by atoms with van der Waals surface area (Å²) in [5, 5.41) is 12.1. The van der Waals surface area contributed by atoms with Gasteiger partial charge >= 0.3 is 17.9 Å². The minimum absolute atomic E-state index is 0.0464. The van der Waals surface area contributed by atoms with Gasteiger partial charge in [0.2, 0.25) is 0 Å². The second kappa shape index (κ2) is 14.1. The van der Waals surface area contributed by atoms with Crippen molar-refractivity contribution in [3.8, 4) is 5.75 Å². The van der Waals surface area contributed by atoms with Crippen molar-refractivity contribution < 1.29 is 43.2 Å². The molecule has 2 spiro atoms. The Labute approximate surface area is 384 Å². The predicted molar refractivity (Wildman–Crippen MR) is 244 cm³/mol. The van der Waals surface area contributed by atoms with Crippen LogP contribution in [0.25, 0.3) is 5.57 Å². The van der Waals surface area contributed by atoms with Crippen LogP contribution >= 0.6 is 45.2 Å². The van der Waals surface area contributed by atoms with Crippen LogP contribution in [0.5, 0.6) is 5.75 Å². The molecule has 2 aliphatic carbocycles. The summed E-state index contributed by atoms with van der Waals surface area (Å²) in [6.45, 7) is 9.04. The monoisotopic (exact) mass is 1060 g/mol. The first kappa shape index (κ1) is 42.2. The number of carbonyl (C=O) groups excluding carboxylic acids is 3. The molecule has 2 bridgehead atoms. The molecule has 10 rings (SSSR count). The van der Waals surface area contributed by atoms with Gasteiger partial charge in [-0.25, -0.2) is 4.79 Å². The van der Waals surface area contributed by atoms with Gasteiger partial charge in [0.15, 0.2) is 11.8 Å². The van der Waals surface area contributed by atoms with Crippen LogP contribution in [0.15, 0.2) is 42.0 Å². The van der Waals surface area contributed by atoms with Gasteiger partial charge in [-0.15, -0.1) is 0 Å². The van der Waals surface area contributed by atoms with E-state index < -0.39 is 51.2 Å². The number of benzene rings is 2. The summed E-state index contributed by atoms with van der Waals surface area (Å²) in [6.07, 6.45) is 7.42. The van der Waals surface area contributed by atoms with Gasteiger partial charge in [-0.2, -0.15) is 0 Å². The molecule has 1 saturated carbocycles. The number of aliphatic hydroxyl groups is 1. The molecular formula is C47H55I2N3O9. The third-order valence-corrected chi connectivity index (χ3v) is 19.3. The lowest BCUT2D eigenvalue weighted by molar-refractivity contribution is -0.178. The number of nitrogens with zero attached hydrogens (tertiary/aromatic N) is 3. The smallest absolute Gasteiger partial charge is 0.347 e. The minimum Gasteiger partial charge on any atom is -0.496 e. The van der Waals surface area contributed by atoms with Crippen molar-refractivity contribution in [3.63, 3.8) is 0 Å². The normalized spacial score (nSPS) is 38.8. The Kier molecular flexibility index (Phi) is 9.76. The van der Waals surface area contributed by atoms with E-state index in [0.29, 0.717) is 63.8 Å². The molecular weight excluding hydrogens is 1000 g/mol. The Morgan fingerprint density at radius 1 is 0.967 bits per heavy atom. The van der Waals surface area contributed by atoms with Gasteiger partial charge in [-0.05, 0) is 149 Å². The van der Waals surface area contributed by atoms with Crippen LogP contribution in [0.3, 0.4) is 0 Å². The molecule has 6 heterocycles. The summed E-state index contributed by atoms with van der Waals surface area (Å²) in [4.78, 5) is 50.2. The summed E-state index contributed by atoms with van der Waals surface area (Å²) < 4.78 is 34.0. The third kappa shape index (κ3) is 5.14. The molecule has 12 nitrogen and oxygen atoms in total. The van der Waals surface area contributed by atoms with Gasteiger partial charge in [0, 0.05) is 76.1 Å². The molecule has 6 aliphatic heterocycles. The highest BCUT2D eigenvalue weighted by atomic mass is 127. The Bertz CT molecular complexity index is 2350. The van der Waals surface area contributed by atoms with E-state index >= 15 is 4.79 Å². The highest BCUT2D eigenvalue weighted by Gasteiger charge is 2.98. The van der Waals surface area contributed by atoms with Crippen LogP contribution in [0.1, 0.15) is 81.5 Å². The number of methoxy groups -OCH3 is 3. The summed E-state index contributed by atoms with van der Waals surface area (Å²) in [5.74, 6) is -0.936. The molecule has 61 heavy (non-hydrogen) atoms. The molecule has 0 aromatic heterocycles. The number of halogens is 2. The zero-order valence-corrected chi connectivity index (χ0v) is 40.3. The molecule has 0 amide bonds. The number of piperidine rings is 1. The fourth-order valence-corrected chi connectivity index (χ4v) is 15.3. The van der Waals surface area contributed by atoms with E-state index in [4.69, 9.17) is 23.7 Å². The highest BCUT2D eigenvalue weighted by Crippen LogP contribution is 2.80. The van der Waals surface area contributed by atoms with Gasteiger partial charge in [0.1, 0.15) is 11.2 Å². The molecule has 0 radical (unpaired) electrons. The van der Waals surface area contributed by atoms with E-state index in [1.807, 2.05) is 20.0 Å². The van der Waals surface area contributed by atoms with Gasteiger partial charge in [-0.3, -0.25) is 19.4 Å². The molecule has 1 N–H and O–H groups in total.